The highest BCUT2D eigenvalue weighted by Gasteiger charge is 2.14. The second-order valence-electron chi connectivity index (χ2n) is 6.58. The lowest BCUT2D eigenvalue weighted by Crippen LogP contribution is -2.38. The number of nitrogens with zero attached hydrogens (tertiary/aromatic N) is 7. The number of morpholine rings is 1. The normalized spacial score (nSPS) is 15.6. The molecule has 1 N–H and O–H groups in total. The van der Waals surface area contributed by atoms with Crippen LogP contribution in [0.25, 0.3) is 28.0 Å². The summed E-state index contributed by atoms with van der Waals surface area (Å²) in [5.74, 6) is 0. The molecule has 1 saturated heterocycles. The largest absolute Gasteiger partial charge is 0.379 e. The number of fused-ring (bicyclic) bond motifs is 1. The highest BCUT2D eigenvalue weighted by molar-refractivity contribution is 5.91. The number of rotatable bonds is 5. The van der Waals surface area contributed by atoms with Gasteiger partial charge in [-0.1, -0.05) is 23.4 Å². The van der Waals surface area contributed by atoms with Crippen LogP contribution >= 0.6 is 0 Å². The molecule has 3 aromatic heterocycles. The third-order valence-electron chi connectivity index (χ3n) is 4.84. The fourth-order valence-corrected chi connectivity index (χ4v) is 3.32. The van der Waals surface area contributed by atoms with Crippen molar-refractivity contribution in [3.8, 4) is 17.1 Å². The lowest BCUT2D eigenvalue weighted by Gasteiger charge is -2.26. The second-order valence-corrected chi connectivity index (χ2v) is 6.58. The second kappa shape index (κ2) is 6.93. The molecule has 1 aliphatic heterocycles. The van der Waals surface area contributed by atoms with Crippen LogP contribution in [0.15, 0.2) is 42.9 Å². The standard InChI is InChI=1S/C18H20N8O/c1-2-4-16-15(3-1)18(22-20-16)17-13-26(23-21-17)14-11-19-25(12-14)6-5-24-7-9-27-10-8-24/h1-4,11-13H,5-10H2,(H,20,22). The minimum Gasteiger partial charge on any atom is -0.379 e. The summed E-state index contributed by atoms with van der Waals surface area (Å²) in [5, 5.41) is 21.4. The minimum absolute atomic E-state index is 0.730. The van der Waals surface area contributed by atoms with Crippen LogP contribution in [0.5, 0.6) is 0 Å². The number of aromatic nitrogens is 7. The molecule has 0 bridgehead atoms. The highest BCUT2D eigenvalue weighted by Crippen LogP contribution is 2.24. The van der Waals surface area contributed by atoms with Gasteiger partial charge in [0.05, 0.1) is 43.9 Å². The zero-order valence-corrected chi connectivity index (χ0v) is 14.8. The molecule has 1 aliphatic rings. The molecule has 0 saturated carbocycles. The van der Waals surface area contributed by atoms with Crippen LogP contribution in [0.1, 0.15) is 0 Å². The summed E-state index contributed by atoms with van der Waals surface area (Å²) in [5.41, 5.74) is 3.40. The van der Waals surface area contributed by atoms with Crippen molar-refractivity contribution in [2.75, 3.05) is 32.8 Å². The summed E-state index contributed by atoms with van der Waals surface area (Å²) in [6.45, 7) is 5.40. The van der Waals surface area contributed by atoms with Crippen molar-refractivity contribution in [1.29, 1.82) is 0 Å². The molecule has 0 atom stereocenters. The van der Waals surface area contributed by atoms with E-state index in [2.05, 4.69) is 30.5 Å². The maximum atomic E-state index is 5.38. The first kappa shape index (κ1) is 16.2. The van der Waals surface area contributed by atoms with Gasteiger partial charge in [-0.3, -0.25) is 14.7 Å². The maximum absolute atomic E-state index is 5.38. The van der Waals surface area contributed by atoms with Gasteiger partial charge in [0.25, 0.3) is 0 Å². The number of benzene rings is 1. The molecule has 9 heteroatoms. The third kappa shape index (κ3) is 3.22. The van der Waals surface area contributed by atoms with Gasteiger partial charge in [0.1, 0.15) is 17.1 Å². The van der Waals surface area contributed by atoms with E-state index in [0.29, 0.717) is 0 Å². The van der Waals surface area contributed by atoms with Crippen molar-refractivity contribution in [3.63, 3.8) is 0 Å². The van der Waals surface area contributed by atoms with E-state index in [-0.39, 0.29) is 0 Å². The van der Waals surface area contributed by atoms with Crippen molar-refractivity contribution < 1.29 is 4.74 Å². The molecule has 4 heterocycles. The molecule has 0 radical (unpaired) electrons. The predicted molar refractivity (Wildman–Crippen MR) is 99.5 cm³/mol. The smallest absolute Gasteiger partial charge is 0.134 e. The monoisotopic (exact) mass is 364 g/mol. The first-order valence-corrected chi connectivity index (χ1v) is 9.05. The molecule has 1 fully saturated rings. The molecular formula is C18H20N8O. The minimum atomic E-state index is 0.730. The molecule has 1 aromatic carbocycles. The zero-order chi connectivity index (χ0) is 18.1. The summed E-state index contributed by atoms with van der Waals surface area (Å²) in [4.78, 5) is 2.39. The number of aromatic amines is 1. The van der Waals surface area contributed by atoms with E-state index >= 15 is 0 Å². The summed E-state index contributed by atoms with van der Waals surface area (Å²) in [6.07, 6.45) is 5.67. The Morgan fingerprint density at radius 3 is 2.89 bits per heavy atom. The molecule has 0 spiro atoms. The highest BCUT2D eigenvalue weighted by atomic mass is 16.5. The molecule has 4 aromatic rings. The van der Waals surface area contributed by atoms with Gasteiger partial charge in [-0.2, -0.15) is 10.2 Å². The van der Waals surface area contributed by atoms with Crippen molar-refractivity contribution in [3.05, 3.63) is 42.9 Å². The molecule has 0 aliphatic carbocycles. The Kier molecular flexibility index (Phi) is 4.15. The summed E-state index contributed by atoms with van der Waals surface area (Å²) in [7, 11) is 0. The lowest BCUT2D eigenvalue weighted by molar-refractivity contribution is 0.0360. The number of nitrogens with one attached hydrogen (secondary N) is 1. The quantitative estimate of drug-likeness (QED) is 0.575. The van der Waals surface area contributed by atoms with Gasteiger partial charge in [-0.05, 0) is 6.07 Å². The van der Waals surface area contributed by atoms with Crippen LogP contribution in [0.2, 0.25) is 0 Å². The Morgan fingerprint density at radius 1 is 1.07 bits per heavy atom. The van der Waals surface area contributed by atoms with Gasteiger partial charge in [0.2, 0.25) is 0 Å². The molecular weight excluding hydrogens is 344 g/mol. The van der Waals surface area contributed by atoms with E-state index in [0.717, 1.165) is 67.4 Å². The number of para-hydroxylation sites is 1. The fraction of sp³-hybridized carbons (Fsp3) is 0.333. The Bertz CT molecular complexity index is 1040. The molecule has 138 valence electrons. The van der Waals surface area contributed by atoms with E-state index in [1.807, 2.05) is 41.3 Å². The first-order valence-electron chi connectivity index (χ1n) is 9.05. The van der Waals surface area contributed by atoms with Gasteiger partial charge >= 0.3 is 0 Å². The van der Waals surface area contributed by atoms with E-state index < -0.39 is 0 Å². The van der Waals surface area contributed by atoms with Gasteiger partial charge in [-0.15, -0.1) is 5.10 Å². The Balaban J connectivity index is 1.32. The fourth-order valence-electron chi connectivity index (χ4n) is 3.32. The van der Waals surface area contributed by atoms with Crippen LogP contribution in [0, 0.1) is 0 Å². The van der Waals surface area contributed by atoms with Gasteiger partial charge in [-0.25, -0.2) is 4.68 Å². The molecule has 5 rings (SSSR count). The van der Waals surface area contributed by atoms with E-state index in [9.17, 15) is 0 Å². The van der Waals surface area contributed by atoms with Gasteiger partial charge in [0, 0.05) is 25.0 Å². The van der Waals surface area contributed by atoms with E-state index in [4.69, 9.17) is 4.74 Å². The Labute approximate surface area is 155 Å². The van der Waals surface area contributed by atoms with Crippen molar-refractivity contribution in [2.45, 2.75) is 6.54 Å². The zero-order valence-electron chi connectivity index (χ0n) is 14.8. The Morgan fingerprint density at radius 2 is 1.96 bits per heavy atom. The summed E-state index contributed by atoms with van der Waals surface area (Å²) < 4.78 is 9.06. The van der Waals surface area contributed by atoms with Crippen LogP contribution in [-0.4, -0.2) is 72.7 Å². The van der Waals surface area contributed by atoms with Crippen LogP contribution in [0.4, 0.5) is 0 Å². The molecule has 27 heavy (non-hydrogen) atoms. The molecule has 9 nitrogen and oxygen atoms in total. The average Bonchev–Trinajstić information content (AvgIpc) is 3.45. The van der Waals surface area contributed by atoms with Crippen LogP contribution in [-0.2, 0) is 11.3 Å². The van der Waals surface area contributed by atoms with Gasteiger partial charge in [0.15, 0.2) is 0 Å². The van der Waals surface area contributed by atoms with E-state index in [1.165, 1.54) is 0 Å². The van der Waals surface area contributed by atoms with Crippen molar-refractivity contribution >= 4 is 10.9 Å². The van der Waals surface area contributed by atoms with Crippen LogP contribution < -0.4 is 0 Å². The number of H-pyrrole nitrogens is 1. The number of hydrogen-bond donors (Lipinski definition) is 1. The number of hydrogen-bond acceptors (Lipinski definition) is 6. The average molecular weight is 364 g/mol. The Hall–Kier alpha value is -3.04. The first-order chi connectivity index (χ1) is 13.4. The molecule has 0 amide bonds. The van der Waals surface area contributed by atoms with Crippen molar-refractivity contribution in [2.24, 2.45) is 0 Å². The van der Waals surface area contributed by atoms with Gasteiger partial charge < -0.3 is 4.74 Å². The number of ether oxygens (including phenoxy) is 1. The van der Waals surface area contributed by atoms with Crippen molar-refractivity contribution in [1.82, 2.24) is 39.9 Å². The SMILES string of the molecule is c1ccc2c(-c3cn(-c4cnn(CCN5CCOCC5)c4)nn3)n[nH]c2c1. The summed E-state index contributed by atoms with van der Waals surface area (Å²) >= 11 is 0. The van der Waals surface area contributed by atoms with E-state index in [1.54, 1.807) is 10.9 Å². The molecule has 0 unspecified atom stereocenters. The lowest BCUT2D eigenvalue weighted by atomic mass is 10.2. The van der Waals surface area contributed by atoms with Crippen LogP contribution in [0.3, 0.4) is 0 Å². The topological polar surface area (TPSA) is 89.7 Å². The third-order valence-corrected chi connectivity index (χ3v) is 4.84. The maximum Gasteiger partial charge on any atom is 0.134 e. The predicted octanol–water partition coefficient (Wildman–Crippen LogP) is 1.34. The summed E-state index contributed by atoms with van der Waals surface area (Å²) in [6, 6.07) is 7.99.